The quantitative estimate of drug-likeness (QED) is 0.581. The van der Waals surface area contributed by atoms with E-state index in [0.29, 0.717) is 12.5 Å². The number of esters is 1. The van der Waals surface area contributed by atoms with Crippen LogP contribution < -0.4 is 0 Å². The monoisotopic (exact) mass is 264 g/mol. The van der Waals surface area contributed by atoms with Gasteiger partial charge in [0.1, 0.15) is 0 Å². The number of ether oxygens (including phenoxy) is 1. The Morgan fingerprint density at radius 1 is 1.47 bits per heavy atom. The summed E-state index contributed by atoms with van der Waals surface area (Å²) in [6, 6.07) is 0. The van der Waals surface area contributed by atoms with Gasteiger partial charge in [-0.1, -0.05) is 26.8 Å². The summed E-state index contributed by atoms with van der Waals surface area (Å²) in [5, 5.41) is 0. The summed E-state index contributed by atoms with van der Waals surface area (Å²) in [5.74, 6) is -0.0436. The van der Waals surface area contributed by atoms with Crippen molar-refractivity contribution in [1.29, 1.82) is 0 Å². The van der Waals surface area contributed by atoms with E-state index in [1.165, 1.54) is 0 Å². The molecule has 0 aromatic rings. The molecule has 2 saturated carbocycles. The van der Waals surface area contributed by atoms with E-state index in [2.05, 4.69) is 20.8 Å². The van der Waals surface area contributed by atoms with E-state index in [9.17, 15) is 9.59 Å². The number of fused-ring (bicyclic) bond motifs is 2. The molecule has 0 aliphatic heterocycles. The second-order valence-corrected chi connectivity index (χ2v) is 6.64. The molecule has 0 aromatic carbocycles. The molecule has 2 aliphatic rings. The van der Waals surface area contributed by atoms with Gasteiger partial charge in [-0.15, -0.1) is 0 Å². The van der Waals surface area contributed by atoms with E-state index < -0.39 is 0 Å². The number of hydrogen-bond donors (Lipinski definition) is 0. The van der Waals surface area contributed by atoms with E-state index in [1.54, 1.807) is 13.8 Å². The molecule has 0 heterocycles. The fourth-order valence-electron chi connectivity index (χ4n) is 3.73. The van der Waals surface area contributed by atoms with Gasteiger partial charge in [-0.25, -0.2) is 0 Å². The van der Waals surface area contributed by atoms with Crippen LogP contribution in [-0.4, -0.2) is 18.4 Å². The van der Waals surface area contributed by atoms with Crippen molar-refractivity contribution >= 4 is 11.8 Å². The Kier molecular flexibility index (Phi) is 3.36. The highest BCUT2D eigenvalue weighted by Gasteiger charge is 2.63. The van der Waals surface area contributed by atoms with Crippen molar-refractivity contribution in [2.45, 2.75) is 47.5 Å². The van der Waals surface area contributed by atoms with Crippen LogP contribution in [-0.2, 0) is 14.3 Å². The Labute approximate surface area is 115 Å². The SMILES string of the molecule is CCOC(=O)[C@H](C)/C=C1/C(=O)[C@@]2(C)CC[C@@H]1C2(C)C. The maximum absolute atomic E-state index is 12.6. The molecular formula is C16H24O3. The second kappa shape index (κ2) is 4.46. The number of carbonyl (C=O) groups excluding carboxylic acids is 2. The smallest absolute Gasteiger partial charge is 0.312 e. The number of rotatable bonds is 3. The fourth-order valence-corrected chi connectivity index (χ4v) is 3.73. The molecule has 0 saturated heterocycles. The van der Waals surface area contributed by atoms with Crippen LogP contribution in [0.1, 0.15) is 47.5 Å². The van der Waals surface area contributed by atoms with E-state index in [4.69, 9.17) is 4.74 Å². The topological polar surface area (TPSA) is 43.4 Å². The average Bonchev–Trinajstić information content (AvgIpc) is 2.64. The van der Waals surface area contributed by atoms with Gasteiger partial charge in [0.05, 0.1) is 12.5 Å². The number of allylic oxidation sites excluding steroid dienone is 1. The molecule has 0 aromatic heterocycles. The van der Waals surface area contributed by atoms with Crippen LogP contribution in [0, 0.1) is 22.7 Å². The first-order valence-corrected chi connectivity index (χ1v) is 7.19. The van der Waals surface area contributed by atoms with Crippen molar-refractivity contribution in [2.75, 3.05) is 6.61 Å². The van der Waals surface area contributed by atoms with Crippen LogP contribution in [0.5, 0.6) is 0 Å². The molecule has 0 radical (unpaired) electrons. The van der Waals surface area contributed by atoms with Gasteiger partial charge < -0.3 is 4.74 Å². The predicted molar refractivity (Wildman–Crippen MR) is 73.5 cm³/mol. The summed E-state index contributed by atoms with van der Waals surface area (Å²) >= 11 is 0. The minimum absolute atomic E-state index is 0.00426. The van der Waals surface area contributed by atoms with Crippen molar-refractivity contribution < 1.29 is 14.3 Å². The molecule has 2 rings (SSSR count). The highest BCUT2D eigenvalue weighted by molar-refractivity contribution is 6.05. The van der Waals surface area contributed by atoms with Crippen LogP contribution in [0.3, 0.4) is 0 Å². The lowest BCUT2D eigenvalue weighted by atomic mass is 9.70. The standard InChI is InChI=1S/C16H24O3/c1-6-19-14(18)10(2)9-11-12-7-8-16(5,13(11)17)15(12,3)4/h9-10,12H,6-8H2,1-5H3/b11-9+/t10-,12+,16-/m1/s1. The van der Waals surface area contributed by atoms with E-state index in [-0.39, 0.29) is 28.5 Å². The molecule has 106 valence electrons. The zero-order valence-corrected chi connectivity index (χ0v) is 12.6. The number of carbonyl (C=O) groups is 2. The first kappa shape index (κ1) is 14.3. The van der Waals surface area contributed by atoms with Gasteiger partial charge in [-0.05, 0) is 43.6 Å². The van der Waals surface area contributed by atoms with Crippen LogP contribution in [0.4, 0.5) is 0 Å². The van der Waals surface area contributed by atoms with Crippen molar-refractivity contribution in [3.63, 3.8) is 0 Å². The van der Waals surface area contributed by atoms with Crippen molar-refractivity contribution in [1.82, 2.24) is 0 Å². The van der Waals surface area contributed by atoms with Crippen LogP contribution in [0.25, 0.3) is 0 Å². The van der Waals surface area contributed by atoms with Crippen molar-refractivity contribution in [3.05, 3.63) is 11.6 Å². The maximum Gasteiger partial charge on any atom is 0.312 e. The van der Waals surface area contributed by atoms with Gasteiger partial charge in [-0.2, -0.15) is 0 Å². The zero-order chi connectivity index (χ0) is 14.4. The summed E-state index contributed by atoms with van der Waals surface area (Å²) in [6.07, 6.45) is 3.86. The summed E-state index contributed by atoms with van der Waals surface area (Å²) < 4.78 is 5.01. The van der Waals surface area contributed by atoms with Crippen molar-refractivity contribution in [3.8, 4) is 0 Å². The normalized spacial score (nSPS) is 35.7. The van der Waals surface area contributed by atoms with Crippen LogP contribution in [0.2, 0.25) is 0 Å². The third kappa shape index (κ3) is 1.86. The molecule has 3 atom stereocenters. The molecular weight excluding hydrogens is 240 g/mol. The number of ketones is 1. The molecule has 3 heteroatoms. The molecule has 2 bridgehead atoms. The zero-order valence-electron chi connectivity index (χ0n) is 12.6. The molecule has 2 fully saturated rings. The highest BCUT2D eigenvalue weighted by atomic mass is 16.5. The molecule has 0 N–H and O–H groups in total. The Morgan fingerprint density at radius 3 is 2.58 bits per heavy atom. The number of Topliss-reactive ketones (excluding diaryl/α,β-unsaturated/α-hetero) is 1. The van der Waals surface area contributed by atoms with Gasteiger partial charge in [0.25, 0.3) is 0 Å². The van der Waals surface area contributed by atoms with E-state index in [1.807, 2.05) is 6.08 Å². The highest BCUT2D eigenvalue weighted by Crippen LogP contribution is 2.65. The first-order valence-electron chi connectivity index (χ1n) is 7.19. The Hall–Kier alpha value is -1.12. The van der Waals surface area contributed by atoms with Crippen molar-refractivity contribution in [2.24, 2.45) is 22.7 Å². The van der Waals surface area contributed by atoms with Gasteiger partial charge in [0.2, 0.25) is 0 Å². The average molecular weight is 264 g/mol. The Bertz CT molecular complexity index is 447. The molecule has 0 spiro atoms. The van der Waals surface area contributed by atoms with E-state index >= 15 is 0 Å². The van der Waals surface area contributed by atoms with Crippen LogP contribution >= 0.6 is 0 Å². The minimum atomic E-state index is -0.336. The summed E-state index contributed by atoms with van der Waals surface area (Å²) in [5.41, 5.74) is 0.613. The van der Waals surface area contributed by atoms with Gasteiger partial charge in [0.15, 0.2) is 5.78 Å². The number of hydrogen-bond acceptors (Lipinski definition) is 3. The molecule has 19 heavy (non-hydrogen) atoms. The lowest BCUT2D eigenvalue weighted by Gasteiger charge is -2.31. The maximum atomic E-state index is 12.6. The lowest BCUT2D eigenvalue weighted by Crippen LogP contribution is -2.32. The van der Waals surface area contributed by atoms with Gasteiger partial charge >= 0.3 is 5.97 Å². The Morgan fingerprint density at radius 2 is 2.11 bits per heavy atom. The summed E-state index contributed by atoms with van der Waals surface area (Å²) in [7, 11) is 0. The van der Waals surface area contributed by atoms with Gasteiger partial charge in [0, 0.05) is 5.41 Å². The third-order valence-electron chi connectivity index (χ3n) is 5.45. The lowest BCUT2D eigenvalue weighted by molar-refractivity contribution is -0.145. The Balaban J connectivity index is 2.28. The molecule has 0 amide bonds. The molecule has 2 aliphatic carbocycles. The van der Waals surface area contributed by atoms with E-state index in [0.717, 1.165) is 18.4 Å². The summed E-state index contributed by atoms with van der Waals surface area (Å²) in [6.45, 7) is 10.4. The third-order valence-corrected chi connectivity index (χ3v) is 5.45. The minimum Gasteiger partial charge on any atom is -0.466 e. The summed E-state index contributed by atoms with van der Waals surface area (Å²) in [4.78, 5) is 24.3. The largest absolute Gasteiger partial charge is 0.466 e. The second-order valence-electron chi connectivity index (χ2n) is 6.64. The fraction of sp³-hybridized carbons (Fsp3) is 0.750. The molecule has 3 nitrogen and oxygen atoms in total. The first-order chi connectivity index (χ1) is 8.75. The predicted octanol–water partition coefficient (Wildman–Crippen LogP) is 3.14. The van der Waals surface area contributed by atoms with Crippen LogP contribution in [0.15, 0.2) is 11.6 Å². The molecule has 0 unspecified atom stereocenters. The van der Waals surface area contributed by atoms with Gasteiger partial charge in [-0.3, -0.25) is 9.59 Å².